The summed E-state index contributed by atoms with van der Waals surface area (Å²) in [5.41, 5.74) is 3.01. The Hall–Kier alpha value is -1.32. The molecule has 1 aromatic carbocycles. The molecule has 2 saturated heterocycles. The van der Waals surface area contributed by atoms with E-state index in [1.807, 2.05) is 0 Å². The number of para-hydroxylation sites is 1. The lowest BCUT2D eigenvalue weighted by atomic mass is 9.79. The van der Waals surface area contributed by atoms with Crippen LogP contribution >= 0.6 is 0 Å². The van der Waals surface area contributed by atoms with E-state index < -0.39 is 0 Å². The minimum atomic E-state index is 0.672. The van der Waals surface area contributed by atoms with Crippen molar-refractivity contribution in [1.29, 1.82) is 0 Å². The highest BCUT2D eigenvalue weighted by molar-refractivity contribution is 5.81. The van der Waals surface area contributed by atoms with Crippen LogP contribution in [-0.2, 0) is 6.54 Å². The predicted octanol–water partition coefficient (Wildman–Crippen LogP) is 6.09. The summed E-state index contributed by atoms with van der Waals surface area (Å²) < 4.78 is 2.74. The molecule has 3 nitrogen and oxygen atoms in total. The zero-order valence-electron chi connectivity index (χ0n) is 19.2. The highest BCUT2D eigenvalue weighted by Crippen LogP contribution is 2.36. The van der Waals surface area contributed by atoms with Crippen LogP contribution in [0.5, 0.6) is 0 Å². The molecule has 3 aliphatic rings. The largest absolute Gasteiger partial charge is 0.340 e. The molecule has 0 N–H and O–H groups in total. The van der Waals surface area contributed by atoms with Crippen LogP contribution in [0.2, 0.25) is 0 Å². The highest BCUT2D eigenvalue weighted by atomic mass is 15.2. The summed E-state index contributed by atoms with van der Waals surface area (Å²) >= 11 is 0. The third-order valence-corrected chi connectivity index (χ3v) is 8.48. The Balaban J connectivity index is 1.27. The SMILES string of the molecule is CC(C)[C@H]1CC[C@@H](N2CCC(n3c(CN4CCCC4)cc4ccccc43)CC2)CC1. The molecule has 1 aromatic heterocycles. The molecule has 1 saturated carbocycles. The van der Waals surface area contributed by atoms with Crippen molar-refractivity contribution in [1.82, 2.24) is 14.4 Å². The van der Waals surface area contributed by atoms with Crippen molar-refractivity contribution in [2.75, 3.05) is 26.2 Å². The Morgan fingerprint density at radius 1 is 0.833 bits per heavy atom. The van der Waals surface area contributed by atoms with Crippen LogP contribution in [0.3, 0.4) is 0 Å². The number of hydrogen-bond donors (Lipinski definition) is 0. The Kier molecular flexibility index (Phi) is 6.20. The fraction of sp³-hybridized carbons (Fsp3) is 0.704. The van der Waals surface area contributed by atoms with Gasteiger partial charge in [0.1, 0.15) is 0 Å². The smallest absolute Gasteiger partial charge is 0.0485 e. The molecule has 0 radical (unpaired) electrons. The standard InChI is InChI=1S/C27H41N3/c1-21(2)22-9-11-24(12-10-22)29-17-13-25(14-18-29)30-26(20-28-15-5-6-16-28)19-23-7-3-4-8-27(23)30/h3-4,7-8,19,21-22,24-25H,5-6,9-18,20H2,1-2H3/t22-,24+. The van der Waals surface area contributed by atoms with E-state index in [0.717, 1.165) is 24.4 Å². The van der Waals surface area contributed by atoms with Gasteiger partial charge < -0.3 is 9.47 Å². The second-order valence-corrected chi connectivity index (χ2v) is 10.6. The molecule has 0 unspecified atom stereocenters. The van der Waals surface area contributed by atoms with Gasteiger partial charge in [-0.15, -0.1) is 0 Å². The van der Waals surface area contributed by atoms with Crippen LogP contribution in [-0.4, -0.2) is 46.6 Å². The Labute approximate surface area is 183 Å². The quantitative estimate of drug-likeness (QED) is 0.594. The van der Waals surface area contributed by atoms with E-state index in [-0.39, 0.29) is 0 Å². The molecule has 0 bridgehead atoms. The van der Waals surface area contributed by atoms with E-state index in [2.05, 4.69) is 58.5 Å². The van der Waals surface area contributed by atoms with Gasteiger partial charge in [0.2, 0.25) is 0 Å². The number of aromatic nitrogens is 1. The van der Waals surface area contributed by atoms with Crippen molar-refractivity contribution in [3.05, 3.63) is 36.0 Å². The topological polar surface area (TPSA) is 11.4 Å². The first-order valence-electron chi connectivity index (χ1n) is 12.7. The summed E-state index contributed by atoms with van der Waals surface area (Å²) in [6.45, 7) is 11.1. The maximum atomic E-state index is 2.85. The predicted molar refractivity (Wildman–Crippen MR) is 127 cm³/mol. The van der Waals surface area contributed by atoms with Gasteiger partial charge in [-0.05, 0) is 93.8 Å². The summed E-state index contributed by atoms with van der Waals surface area (Å²) in [6, 6.07) is 13.1. The third-order valence-electron chi connectivity index (χ3n) is 8.48. The van der Waals surface area contributed by atoms with Crippen LogP contribution in [0, 0.1) is 11.8 Å². The lowest BCUT2D eigenvalue weighted by Crippen LogP contribution is -2.44. The number of nitrogens with zero attached hydrogens (tertiary/aromatic N) is 3. The first-order chi connectivity index (χ1) is 14.7. The average molecular weight is 408 g/mol. The maximum Gasteiger partial charge on any atom is 0.0485 e. The van der Waals surface area contributed by atoms with E-state index in [9.17, 15) is 0 Å². The summed E-state index contributed by atoms with van der Waals surface area (Å²) in [4.78, 5) is 5.51. The number of likely N-dealkylation sites (tertiary alicyclic amines) is 2. The van der Waals surface area contributed by atoms with Crippen molar-refractivity contribution in [3.8, 4) is 0 Å². The van der Waals surface area contributed by atoms with E-state index >= 15 is 0 Å². The average Bonchev–Trinajstić information content (AvgIpc) is 3.41. The van der Waals surface area contributed by atoms with Gasteiger partial charge in [-0.1, -0.05) is 32.0 Å². The minimum Gasteiger partial charge on any atom is -0.340 e. The van der Waals surface area contributed by atoms with Crippen LogP contribution in [0.25, 0.3) is 10.9 Å². The van der Waals surface area contributed by atoms with Gasteiger partial charge in [0, 0.05) is 42.9 Å². The van der Waals surface area contributed by atoms with Crippen LogP contribution in [0.4, 0.5) is 0 Å². The molecule has 3 heterocycles. The van der Waals surface area contributed by atoms with Gasteiger partial charge in [0.05, 0.1) is 0 Å². The summed E-state index contributed by atoms with van der Waals surface area (Å²) in [6.07, 6.45) is 11.1. The van der Waals surface area contributed by atoms with E-state index in [1.54, 1.807) is 5.69 Å². The molecular weight excluding hydrogens is 366 g/mol. The molecule has 2 aliphatic heterocycles. The molecule has 2 aromatic rings. The molecule has 30 heavy (non-hydrogen) atoms. The lowest BCUT2D eigenvalue weighted by molar-refractivity contribution is 0.0886. The molecule has 1 aliphatic carbocycles. The summed E-state index contributed by atoms with van der Waals surface area (Å²) in [5.74, 6) is 1.84. The Morgan fingerprint density at radius 3 is 2.23 bits per heavy atom. The molecule has 0 spiro atoms. The van der Waals surface area contributed by atoms with Crippen molar-refractivity contribution in [3.63, 3.8) is 0 Å². The summed E-state index contributed by atoms with van der Waals surface area (Å²) in [5, 5.41) is 1.43. The van der Waals surface area contributed by atoms with E-state index in [4.69, 9.17) is 0 Å². The zero-order valence-corrected chi connectivity index (χ0v) is 19.2. The molecular formula is C27H41N3. The number of piperidine rings is 1. The van der Waals surface area contributed by atoms with Gasteiger partial charge in [-0.2, -0.15) is 0 Å². The van der Waals surface area contributed by atoms with Gasteiger partial charge in [-0.25, -0.2) is 0 Å². The first kappa shape index (κ1) is 20.6. The van der Waals surface area contributed by atoms with E-state index in [0.29, 0.717) is 6.04 Å². The number of benzene rings is 1. The highest BCUT2D eigenvalue weighted by Gasteiger charge is 2.31. The van der Waals surface area contributed by atoms with Crippen molar-refractivity contribution in [2.24, 2.45) is 11.8 Å². The molecule has 0 amide bonds. The Bertz CT molecular complexity index is 816. The number of fused-ring (bicyclic) bond motifs is 1. The van der Waals surface area contributed by atoms with Gasteiger partial charge in [-0.3, -0.25) is 4.90 Å². The number of hydrogen-bond acceptors (Lipinski definition) is 2. The fourth-order valence-corrected chi connectivity index (χ4v) is 6.60. The molecule has 164 valence electrons. The van der Waals surface area contributed by atoms with Gasteiger partial charge >= 0.3 is 0 Å². The molecule has 3 heteroatoms. The zero-order chi connectivity index (χ0) is 20.5. The van der Waals surface area contributed by atoms with Crippen molar-refractivity contribution >= 4 is 10.9 Å². The number of rotatable bonds is 5. The van der Waals surface area contributed by atoms with Gasteiger partial charge in [0.15, 0.2) is 0 Å². The lowest BCUT2D eigenvalue weighted by Gasteiger charge is -2.42. The second-order valence-electron chi connectivity index (χ2n) is 10.6. The molecule has 0 atom stereocenters. The first-order valence-corrected chi connectivity index (χ1v) is 12.7. The summed E-state index contributed by atoms with van der Waals surface area (Å²) in [7, 11) is 0. The molecule has 5 rings (SSSR count). The second kappa shape index (κ2) is 9.04. The monoisotopic (exact) mass is 407 g/mol. The van der Waals surface area contributed by atoms with Crippen LogP contribution in [0.1, 0.15) is 76.9 Å². The molecule has 3 fully saturated rings. The fourth-order valence-electron chi connectivity index (χ4n) is 6.60. The van der Waals surface area contributed by atoms with E-state index in [1.165, 1.54) is 88.4 Å². The third kappa shape index (κ3) is 4.21. The van der Waals surface area contributed by atoms with Crippen LogP contribution in [0.15, 0.2) is 30.3 Å². The van der Waals surface area contributed by atoms with Crippen molar-refractivity contribution in [2.45, 2.75) is 83.8 Å². The normalized spacial score (nSPS) is 27.4. The van der Waals surface area contributed by atoms with Crippen LogP contribution < -0.4 is 0 Å². The van der Waals surface area contributed by atoms with Gasteiger partial charge in [0.25, 0.3) is 0 Å². The minimum absolute atomic E-state index is 0.672. The maximum absolute atomic E-state index is 2.85. The van der Waals surface area contributed by atoms with Crippen molar-refractivity contribution < 1.29 is 0 Å². The Morgan fingerprint density at radius 2 is 1.53 bits per heavy atom.